The zero-order valence-electron chi connectivity index (χ0n) is 18.7. The van der Waals surface area contributed by atoms with Crippen molar-refractivity contribution in [3.05, 3.63) is 63.4 Å². The van der Waals surface area contributed by atoms with E-state index in [1.165, 1.54) is 6.20 Å². The highest BCUT2D eigenvalue weighted by Gasteiger charge is 2.32. The number of nitrogens with zero attached hydrogens (tertiary/aromatic N) is 2. The molecule has 0 spiro atoms. The van der Waals surface area contributed by atoms with Crippen molar-refractivity contribution in [3.8, 4) is 5.75 Å². The second kappa shape index (κ2) is 9.22. The zero-order valence-corrected chi connectivity index (χ0v) is 20.2. The molecule has 3 heterocycles. The van der Waals surface area contributed by atoms with Crippen LogP contribution in [0.5, 0.6) is 5.75 Å². The van der Waals surface area contributed by atoms with Gasteiger partial charge in [0.05, 0.1) is 21.3 Å². The minimum atomic E-state index is -0.545. The molecule has 2 aromatic rings. The molecule has 2 aliphatic heterocycles. The van der Waals surface area contributed by atoms with Crippen LogP contribution >= 0.6 is 23.2 Å². The molecule has 2 aliphatic rings. The Balaban J connectivity index is 1.64. The number of fused-ring (bicyclic) bond motifs is 1. The topological polar surface area (TPSA) is 68.7 Å². The van der Waals surface area contributed by atoms with Crippen LogP contribution in [0.3, 0.4) is 0 Å². The molecule has 4 rings (SSSR count). The Labute approximate surface area is 202 Å². The molecule has 172 valence electrons. The lowest BCUT2D eigenvalue weighted by Gasteiger charge is -2.32. The highest BCUT2D eigenvalue weighted by molar-refractivity contribution is 6.34. The van der Waals surface area contributed by atoms with E-state index in [2.05, 4.69) is 10.9 Å². The number of amides is 1. The third kappa shape index (κ3) is 5.09. The molecule has 0 aliphatic carbocycles. The Morgan fingerprint density at radius 1 is 1.27 bits per heavy atom. The Kier molecular flexibility index (Phi) is 6.53. The van der Waals surface area contributed by atoms with Crippen LogP contribution in [0.1, 0.15) is 56.5 Å². The van der Waals surface area contributed by atoms with Crippen molar-refractivity contribution in [1.82, 2.24) is 9.88 Å². The number of hydrogen-bond acceptors (Lipinski definition) is 5. The molecule has 0 N–H and O–H groups in total. The van der Waals surface area contributed by atoms with Crippen LogP contribution in [0.25, 0.3) is 11.1 Å². The number of aromatic nitrogens is 1. The largest absolute Gasteiger partial charge is 0.482 e. The first-order chi connectivity index (χ1) is 15.7. The van der Waals surface area contributed by atoms with Crippen molar-refractivity contribution in [2.75, 3.05) is 13.1 Å². The summed E-state index contributed by atoms with van der Waals surface area (Å²) in [5.74, 6) is 2.66. The predicted octanol–water partition coefficient (Wildman–Crippen LogP) is 6.15. The highest BCUT2D eigenvalue weighted by atomic mass is 35.5. The molecule has 1 atom stereocenters. The first-order valence-corrected chi connectivity index (χ1v) is 11.4. The second-order valence-electron chi connectivity index (χ2n) is 9.00. The first kappa shape index (κ1) is 23.4. The lowest BCUT2D eigenvalue weighted by Crippen LogP contribution is -2.39. The average Bonchev–Trinajstić information content (AvgIpc) is 2.77. The number of rotatable bonds is 2. The van der Waals surface area contributed by atoms with E-state index in [1.54, 1.807) is 11.0 Å². The summed E-state index contributed by atoms with van der Waals surface area (Å²) in [4.78, 5) is 30.2. The summed E-state index contributed by atoms with van der Waals surface area (Å²) in [6.45, 7) is 6.49. The number of para-hydroxylation sites is 1. The molecule has 0 fully saturated rings. The third-order valence-corrected chi connectivity index (χ3v) is 5.97. The van der Waals surface area contributed by atoms with Crippen LogP contribution in [-0.2, 0) is 9.53 Å². The molecule has 0 saturated heterocycles. The van der Waals surface area contributed by atoms with Gasteiger partial charge in [0.15, 0.2) is 0 Å². The SMILES string of the molecule is CC(C)(C)OC(=O)N1CC=C(c2cccc3c2OC(c2ncc(Cl)cc2Cl)CC3=C=O)CC1. The summed E-state index contributed by atoms with van der Waals surface area (Å²) in [5.41, 5.74) is 3.09. The molecular formula is C25H24Cl2N2O4. The van der Waals surface area contributed by atoms with Gasteiger partial charge in [0.2, 0.25) is 0 Å². The molecule has 1 aromatic carbocycles. The van der Waals surface area contributed by atoms with Crippen LogP contribution in [0.4, 0.5) is 4.79 Å². The van der Waals surface area contributed by atoms with Crippen LogP contribution < -0.4 is 4.74 Å². The van der Waals surface area contributed by atoms with Crippen molar-refractivity contribution < 1.29 is 19.1 Å². The monoisotopic (exact) mass is 486 g/mol. The maximum atomic E-state index is 12.4. The van der Waals surface area contributed by atoms with Crippen molar-refractivity contribution in [2.45, 2.75) is 45.3 Å². The first-order valence-electron chi connectivity index (χ1n) is 10.7. The Hall–Kier alpha value is -2.79. The minimum Gasteiger partial charge on any atom is -0.482 e. The van der Waals surface area contributed by atoms with Crippen molar-refractivity contribution in [3.63, 3.8) is 0 Å². The van der Waals surface area contributed by atoms with E-state index in [1.807, 2.05) is 45.0 Å². The smallest absolute Gasteiger partial charge is 0.410 e. The summed E-state index contributed by atoms with van der Waals surface area (Å²) < 4.78 is 11.8. The number of ether oxygens (including phenoxy) is 2. The van der Waals surface area contributed by atoms with Gasteiger partial charge < -0.3 is 14.4 Å². The maximum absolute atomic E-state index is 12.4. The summed E-state index contributed by atoms with van der Waals surface area (Å²) in [5, 5.41) is 0.803. The van der Waals surface area contributed by atoms with E-state index in [9.17, 15) is 9.59 Å². The summed E-state index contributed by atoms with van der Waals surface area (Å²) in [6.07, 6.45) is 3.56. The van der Waals surface area contributed by atoms with E-state index in [-0.39, 0.29) is 6.09 Å². The standard InChI is InChI=1S/C25H24Cl2N2O4/c1-25(2,3)33-24(31)29-9-7-15(8-10-29)18-5-4-6-19-16(14-30)11-21(32-23(18)19)22-20(27)12-17(26)13-28-22/h4-7,12-13,21H,8-11H2,1-3H3. The average molecular weight is 487 g/mol. The number of carbonyl (C=O) groups excluding carboxylic acids is 2. The van der Waals surface area contributed by atoms with Crippen LogP contribution in [0.15, 0.2) is 36.5 Å². The van der Waals surface area contributed by atoms with Crippen LogP contribution in [0, 0.1) is 0 Å². The molecule has 6 nitrogen and oxygen atoms in total. The number of pyridine rings is 1. The molecule has 0 saturated carbocycles. The van der Waals surface area contributed by atoms with E-state index in [0.717, 1.165) is 11.1 Å². The van der Waals surface area contributed by atoms with Crippen LogP contribution in [-0.4, -0.2) is 40.6 Å². The molecule has 1 amide bonds. The number of hydrogen-bond donors (Lipinski definition) is 0. The molecule has 0 radical (unpaired) electrons. The molecule has 33 heavy (non-hydrogen) atoms. The molecule has 1 aromatic heterocycles. The molecule has 0 bridgehead atoms. The van der Waals surface area contributed by atoms with Gasteiger partial charge in [-0.15, -0.1) is 0 Å². The molecule has 1 unspecified atom stereocenters. The van der Waals surface area contributed by atoms with Gasteiger partial charge in [0, 0.05) is 36.8 Å². The van der Waals surface area contributed by atoms with Gasteiger partial charge >= 0.3 is 6.09 Å². The van der Waals surface area contributed by atoms with Gasteiger partial charge in [-0.2, -0.15) is 0 Å². The van der Waals surface area contributed by atoms with Gasteiger partial charge in [0.1, 0.15) is 23.4 Å². The van der Waals surface area contributed by atoms with Gasteiger partial charge in [-0.25, -0.2) is 9.59 Å². The van der Waals surface area contributed by atoms with E-state index < -0.39 is 11.7 Å². The predicted molar refractivity (Wildman–Crippen MR) is 128 cm³/mol. The number of benzene rings is 1. The number of carbonyl (C=O) groups is 1. The van der Waals surface area contributed by atoms with Crippen molar-refractivity contribution in [1.29, 1.82) is 0 Å². The van der Waals surface area contributed by atoms with E-state index in [0.29, 0.717) is 58.6 Å². The fourth-order valence-corrected chi connectivity index (χ4v) is 4.45. The van der Waals surface area contributed by atoms with Gasteiger partial charge in [-0.1, -0.05) is 47.5 Å². The second-order valence-corrected chi connectivity index (χ2v) is 9.84. The van der Waals surface area contributed by atoms with Gasteiger partial charge in [-0.3, -0.25) is 4.98 Å². The summed E-state index contributed by atoms with van der Waals surface area (Å²) in [6, 6.07) is 7.30. The summed E-state index contributed by atoms with van der Waals surface area (Å²) >= 11 is 12.4. The lowest BCUT2D eigenvalue weighted by molar-refractivity contribution is 0.0270. The Morgan fingerprint density at radius 2 is 2.03 bits per heavy atom. The fraction of sp³-hybridized carbons (Fsp3) is 0.360. The van der Waals surface area contributed by atoms with E-state index in [4.69, 9.17) is 32.7 Å². The van der Waals surface area contributed by atoms with E-state index >= 15 is 0 Å². The molecular weight excluding hydrogens is 463 g/mol. The van der Waals surface area contributed by atoms with Crippen LogP contribution in [0.2, 0.25) is 10.0 Å². The third-order valence-electron chi connectivity index (χ3n) is 5.46. The van der Waals surface area contributed by atoms with Gasteiger partial charge in [-0.05, 0) is 38.8 Å². The summed E-state index contributed by atoms with van der Waals surface area (Å²) in [7, 11) is 0. The Morgan fingerprint density at radius 3 is 2.67 bits per heavy atom. The van der Waals surface area contributed by atoms with Crippen molar-refractivity contribution in [2.24, 2.45) is 0 Å². The van der Waals surface area contributed by atoms with Crippen molar-refractivity contribution >= 4 is 46.4 Å². The lowest BCUT2D eigenvalue weighted by atomic mass is 9.90. The normalized spacial score (nSPS) is 18.1. The van der Waals surface area contributed by atoms with Gasteiger partial charge in [0.25, 0.3) is 0 Å². The quantitative estimate of drug-likeness (QED) is 0.476. The maximum Gasteiger partial charge on any atom is 0.410 e. The number of halogens is 2. The highest BCUT2D eigenvalue weighted by Crippen LogP contribution is 2.45. The Bertz CT molecular complexity index is 1180. The zero-order chi connectivity index (χ0) is 23.8. The molecule has 8 heteroatoms. The minimum absolute atomic E-state index is 0.305. The fourth-order valence-electron chi connectivity index (χ4n) is 3.95.